The summed E-state index contributed by atoms with van der Waals surface area (Å²) in [4.78, 5) is 20.9. The number of ether oxygens (including phenoxy) is 1. The average Bonchev–Trinajstić information content (AvgIpc) is 2.81. The number of carbonyl (C=O) groups excluding carboxylic acids is 1. The van der Waals surface area contributed by atoms with Crippen molar-refractivity contribution in [3.05, 3.63) is 71.7 Å². The van der Waals surface area contributed by atoms with Gasteiger partial charge in [-0.05, 0) is 37.3 Å². The van der Waals surface area contributed by atoms with Gasteiger partial charge in [-0.2, -0.15) is 0 Å². The zero-order valence-corrected chi connectivity index (χ0v) is 18.3. The number of nitrogens with one attached hydrogen (secondary N) is 1. The minimum absolute atomic E-state index is 0.227. The van der Waals surface area contributed by atoms with E-state index in [0.29, 0.717) is 5.56 Å². The number of hydrogen-bond acceptors (Lipinski definition) is 7. The molecule has 4 N–H and O–H groups in total. The van der Waals surface area contributed by atoms with Crippen LogP contribution in [-0.2, 0) is 4.74 Å². The molecule has 0 spiro atoms. The van der Waals surface area contributed by atoms with Crippen LogP contribution in [0.3, 0.4) is 0 Å². The van der Waals surface area contributed by atoms with Crippen LogP contribution in [0, 0.1) is 17.6 Å². The van der Waals surface area contributed by atoms with Crippen LogP contribution in [0.4, 0.5) is 14.5 Å². The molecule has 0 bridgehead atoms. The van der Waals surface area contributed by atoms with Gasteiger partial charge in [0.15, 0.2) is 0 Å². The first-order valence-corrected chi connectivity index (χ1v) is 10.6. The predicted octanol–water partition coefficient (Wildman–Crippen LogP) is 3.20. The van der Waals surface area contributed by atoms with Crippen molar-refractivity contribution < 1.29 is 33.6 Å². The van der Waals surface area contributed by atoms with Gasteiger partial charge >= 0.3 is 0 Å². The van der Waals surface area contributed by atoms with E-state index in [4.69, 9.17) is 4.74 Å². The molecule has 10 heteroatoms. The van der Waals surface area contributed by atoms with Crippen molar-refractivity contribution in [2.45, 2.75) is 38.3 Å². The molecule has 178 valence electrons. The summed E-state index contributed by atoms with van der Waals surface area (Å²) in [5.41, 5.74) is -0.410. The topological polar surface area (TPSA) is 125 Å². The Morgan fingerprint density at radius 2 is 1.82 bits per heavy atom. The smallest absolute Gasteiger partial charge is 0.274 e. The number of aliphatic hydroxyl groups excluding tert-OH is 2. The van der Waals surface area contributed by atoms with Gasteiger partial charge in [-0.25, -0.2) is 13.8 Å². The molecule has 0 aliphatic carbocycles. The van der Waals surface area contributed by atoms with Gasteiger partial charge in [0.2, 0.25) is 0 Å². The fraction of sp³-hybridized carbons (Fsp3) is 0.292. The number of amides is 1. The average molecular weight is 471 g/mol. The zero-order valence-electron chi connectivity index (χ0n) is 18.3. The molecule has 1 fully saturated rings. The molecule has 2 aromatic heterocycles. The van der Waals surface area contributed by atoms with Crippen molar-refractivity contribution in [1.82, 2.24) is 9.97 Å². The molecular weight excluding hydrogens is 448 g/mol. The normalized spacial score (nSPS) is 24.6. The lowest BCUT2D eigenvalue weighted by Gasteiger charge is -2.41. The summed E-state index contributed by atoms with van der Waals surface area (Å²) in [6.07, 6.45) is -0.513. The number of nitrogens with zero attached hydrogens (tertiary/aromatic N) is 2. The van der Waals surface area contributed by atoms with Crippen molar-refractivity contribution in [3.63, 3.8) is 0 Å². The van der Waals surface area contributed by atoms with Gasteiger partial charge in [-0.3, -0.25) is 9.78 Å². The van der Waals surface area contributed by atoms with Gasteiger partial charge in [0.1, 0.15) is 34.9 Å². The van der Waals surface area contributed by atoms with Crippen LogP contribution in [0.25, 0.3) is 11.3 Å². The molecule has 0 unspecified atom stereocenters. The van der Waals surface area contributed by atoms with Crippen molar-refractivity contribution >= 4 is 11.6 Å². The third-order valence-corrected chi connectivity index (χ3v) is 5.92. The Morgan fingerprint density at radius 3 is 2.56 bits per heavy atom. The molecule has 1 saturated heterocycles. The van der Waals surface area contributed by atoms with E-state index < -0.39 is 64.9 Å². The SMILES string of the molecule is C[C@H]1[C@@H](O)[C@@H](O)[C@@H](C)O[C@H]1c1ccncc1NC(=O)c1ccc(F)c(-c2c(O)cccc2F)n1. The number of aliphatic hydroxyl groups is 2. The summed E-state index contributed by atoms with van der Waals surface area (Å²) in [6.45, 7) is 3.35. The molecule has 3 aromatic rings. The molecule has 4 rings (SSSR count). The largest absolute Gasteiger partial charge is 0.507 e. The fourth-order valence-electron chi connectivity index (χ4n) is 4.00. The van der Waals surface area contributed by atoms with E-state index in [2.05, 4.69) is 15.3 Å². The molecule has 1 aliphatic rings. The Bertz CT molecular complexity index is 1200. The van der Waals surface area contributed by atoms with Crippen molar-refractivity contribution in [3.8, 4) is 17.0 Å². The first kappa shape index (κ1) is 23.7. The standard InChI is InChI=1S/C24H23F2N3O5/c1-11-21(31)22(32)12(2)34-23(11)13-8-9-27-10-17(13)29-24(33)16-7-6-15(26)20(28-16)19-14(25)4-3-5-18(19)30/h3-12,21-23,30-32H,1-2H3,(H,29,33)/t11-,12+,21+,22-,23+/m0/s1. The molecule has 1 amide bonds. The first-order valence-electron chi connectivity index (χ1n) is 10.6. The number of halogens is 2. The summed E-state index contributed by atoms with van der Waals surface area (Å²) in [6, 6.07) is 7.20. The molecule has 34 heavy (non-hydrogen) atoms. The second-order valence-corrected chi connectivity index (χ2v) is 8.18. The summed E-state index contributed by atoms with van der Waals surface area (Å²) in [5, 5.41) is 33.1. The van der Waals surface area contributed by atoms with Crippen LogP contribution < -0.4 is 5.32 Å². The number of aromatic hydroxyl groups is 1. The van der Waals surface area contributed by atoms with Gasteiger partial charge in [0.05, 0.1) is 35.8 Å². The number of anilines is 1. The maximum Gasteiger partial charge on any atom is 0.274 e. The highest BCUT2D eigenvalue weighted by atomic mass is 19.1. The van der Waals surface area contributed by atoms with Crippen LogP contribution in [0.15, 0.2) is 48.8 Å². The van der Waals surface area contributed by atoms with E-state index in [1.54, 1.807) is 19.9 Å². The van der Waals surface area contributed by atoms with Crippen molar-refractivity contribution in [2.24, 2.45) is 5.92 Å². The molecule has 5 atom stereocenters. The van der Waals surface area contributed by atoms with E-state index in [9.17, 15) is 28.9 Å². The number of carbonyl (C=O) groups is 1. The maximum atomic E-state index is 14.4. The Balaban J connectivity index is 1.65. The molecule has 1 aliphatic heterocycles. The highest BCUT2D eigenvalue weighted by Crippen LogP contribution is 2.39. The first-order chi connectivity index (χ1) is 16.2. The minimum atomic E-state index is -1.05. The monoisotopic (exact) mass is 471 g/mol. The quantitative estimate of drug-likeness (QED) is 0.461. The number of phenolic OH excluding ortho intramolecular Hbond substituents is 1. The number of phenols is 1. The Labute approximate surface area is 193 Å². The van der Waals surface area contributed by atoms with Gasteiger partial charge in [-0.15, -0.1) is 0 Å². The lowest BCUT2D eigenvalue weighted by atomic mass is 9.85. The summed E-state index contributed by atoms with van der Waals surface area (Å²) >= 11 is 0. The van der Waals surface area contributed by atoms with Gasteiger partial charge in [-0.1, -0.05) is 13.0 Å². The molecule has 8 nitrogen and oxygen atoms in total. The molecule has 0 saturated carbocycles. The van der Waals surface area contributed by atoms with Crippen LogP contribution >= 0.6 is 0 Å². The van der Waals surface area contributed by atoms with Crippen LogP contribution in [0.2, 0.25) is 0 Å². The van der Waals surface area contributed by atoms with Crippen molar-refractivity contribution in [1.29, 1.82) is 0 Å². The Hall–Kier alpha value is -3.47. The molecule has 0 radical (unpaired) electrons. The van der Waals surface area contributed by atoms with E-state index in [-0.39, 0.29) is 11.4 Å². The van der Waals surface area contributed by atoms with E-state index >= 15 is 0 Å². The summed E-state index contributed by atoms with van der Waals surface area (Å²) in [5.74, 6) is -3.55. The number of benzene rings is 1. The third kappa shape index (κ3) is 4.35. The molecule has 1 aromatic carbocycles. The lowest BCUT2D eigenvalue weighted by Crippen LogP contribution is -2.49. The highest BCUT2D eigenvalue weighted by Gasteiger charge is 2.41. The van der Waals surface area contributed by atoms with Crippen molar-refractivity contribution in [2.75, 3.05) is 5.32 Å². The third-order valence-electron chi connectivity index (χ3n) is 5.92. The minimum Gasteiger partial charge on any atom is -0.507 e. The van der Waals surface area contributed by atoms with E-state index in [0.717, 1.165) is 18.2 Å². The predicted molar refractivity (Wildman–Crippen MR) is 118 cm³/mol. The number of hydrogen-bond donors (Lipinski definition) is 4. The second-order valence-electron chi connectivity index (χ2n) is 8.18. The lowest BCUT2D eigenvalue weighted by molar-refractivity contribution is -0.192. The van der Waals surface area contributed by atoms with Gasteiger partial charge < -0.3 is 25.4 Å². The van der Waals surface area contributed by atoms with E-state index in [1.807, 2.05) is 0 Å². The Morgan fingerprint density at radius 1 is 1.06 bits per heavy atom. The second kappa shape index (κ2) is 9.41. The number of rotatable bonds is 4. The molecule has 3 heterocycles. The highest BCUT2D eigenvalue weighted by molar-refractivity contribution is 6.03. The fourth-order valence-corrected chi connectivity index (χ4v) is 4.00. The summed E-state index contributed by atoms with van der Waals surface area (Å²) in [7, 11) is 0. The Kier molecular flexibility index (Phi) is 6.56. The van der Waals surface area contributed by atoms with Gasteiger partial charge in [0, 0.05) is 17.7 Å². The van der Waals surface area contributed by atoms with Crippen LogP contribution in [0.5, 0.6) is 5.75 Å². The molecular formula is C24H23F2N3O5. The van der Waals surface area contributed by atoms with Crippen LogP contribution in [-0.4, -0.2) is 49.5 Å². The summed E-state index contributed by atoms with van der Waals surface area (Å²) < 4.78 is 34.6. The number of aromatic nitrogens is 2. The maximum absolute atomic E-state index is 14.4. The van der Waals surface area contributed by atoms with Gasteiger partial charge in [0.25, 0.3) is 5.91 Å². The zero-order chi connectivity index (χ0) is 24.6. The number of pyridine rings is 2. The van der Waals surface area contributed by atoms with Crippen LogP contribution in [0.1, 0.15) is 36.0 Å². The van der Waals surface area contributed by atoms with E-state index in [1.165, 1.54) is 24.5 Å².